The third-order valence-corrected chi connectivity index (χ3v) is 2.73. The van der Waals surface area contributed by atoms with E-state index in [0.717, 1.165) is 23.5 Å². The molecule has 1 heterocycles. The molecule has 1 aromatic heterocycles. The standard InChI is InChI=1S/C11H18N4O5/c1-2-3-10(17)9(7-16)13-11(18)6-14-5-8(4-12-14)15(19)20/h4-5,9-10,16-17H,2-3,6-7H2,1H3,(H,13,18). The summed E-state index contributed by atoms with van der Waals surface area (Å²) in [5.74, 6) is -0.489. The molecule has 0 spiro atoms. The number of carbonyl (C=O) groups excluding carboxylic acids is 1. The lowest BCUT2D eigenvalue weighted by Gasteiger charge is -2.21. The van der Waals surface area contributed by atoms with Crippen molar-refractivity contribution in [1.82, 2.24) is 15.1 Å². The van der Waals surface area contributed by atoms with Gasteiger partial charge in [0.05, 0.1) is 23.7 Å². The van der Waals surface area contributed by atoms with Crippen molar-refractivity contribution in [2.45, 2.75) is 38.5 Å². The van der Waals surface area contributed by atoms with Gasteiger partial charge in [-0.2, -0.15) is 5.10 Å². The van der Waals surface area contributed by atoms with E-state index in [1.54, 1.807) is 0 Å². The van der Waals surface area contributed by atoms with Crippen molar-refractivity contribution in [3.63, 3.8) is 0 Å². The minimum absolute atomic E-state index is 0.206. The molecular formula is C11H18N4O5. The van der Waals surface area contributed by atoms with Gasteiger partial charge >= 0.3 is 5.69 Å². The molecule has 1 amide bonds. The van der Waals surface area contributed by atoms with Crippen LogP contribution in [0.2, 0.25) is 0 Å². The SMILES string of the molecule is CCCC(O)C(CO)NC(=O)Cn1cc([N+](=O)[O-])cn1. The minimum Gasteiger partial charge on any atom is -0.394 e. The monoisotopic (exact) mass is 286 g/mol. The molecule has 0 saturated heterocycles. The van der Waals surface area contributed by atoms with E-state index in [1.807, 2.05) is 6.92 Å². The zero-order chi connectivity index (χ0) is 15.1. The number of nitrogens with one attached hydrogen (secondary N) is 1. The average molecular weight is 286 g/mol. The van der Waals surface area contributed by atoms with Crippen molar-refractivity contribution in [2.75, 3.05) is 6.61 Å². The topological polar surface area (TPSA) is 131 Å². The predicted molar refractivity (Wildman–Crippen MR) is 68.8 cm³/mol. The van der Waals surface area contributed by atoms with Gasteiger partial charge < -0.3 is 15.5 Å². The fourth-order valence-electron chi connectivity index (χ4n) is 1.69. The Labute approximate surface area is 115 Å². The van der Waals surface area contributed by atoms with E-state index in [1.165, 1.54) is 0 Å². The first-order valence-electron chi connectivity index (χ1n) is 6.23. The van der Waals surface area contributed by atoms with Gasteiger partial charge in [0.15, 0.2) is 0 Å². The molecule has 9 nitrogen and oxygen atoms in total. The van der Waals surface area contributed by atoms with Crippen LogP contribution in [0.3, 0.4) is 0 Å². The van der Waals surface area contributed by atoms with E-state index < -0.39 is 23.0 Å². The van der Waals surface area contributed by atoms with Crippen molar-refractivity contribution in [3.8, 4) is 0 Å². The van der Waals surface area contributed by atoms with Gasteiger partial charge in [-0.25, -0.2) is 0 Å². The fraction of sp³-hybridized carbons (Fsp3) is 0.636. The maximum absolute atomic E-state index is 11.7. The number of nitrogens with zero attached hydrogens (tertiary/aromatic N) is 3. The summed E-state index contributed by atoms with van der Waals surface area (Å²) in [5.41, 5.74) is -0.206. The first kappa shape index (κ1) is 16.1. The van der Waals surface area contributed by atoms with Crippen LogP contribution in [0.5, 0.6) is 0 Å². The second-order valence-electron chi connectivity index (χ2n) is 4.37. The minimum atomic E-state index is -0.832. The Morgan fingerprint density at radius 1 is 1.65 bits per heavy atom. The summed E-state index contributed by atoms with van der Waals surface area (Å²) < 4.78 is 1.12. The number of aliphatic hydroxyl groups is 2. The Morgan fingerprint density at radius 2 is 2.35 bits per heavy atom. The van der Waals surface area contributed by atoms with Crippen LogP contribution in [0.15, 0.2) is 12.4 Å². The summed E-state index contributed by atoms with van der Waals surface area (Å²) in [7, 11) is 0. The van der Waals surface area contributed by atoms with Gasteiger partial charge in [-0.05, 0) is 6.42 Å². The molecular weight excluding hydrogens is 268 g/mol. The molecule has 0 aliphatic rings. The first-order chi connectivity index (χ1) is 9.47. The Kier molecular flexibility index (Phi) is 6.07. The molecule has 112 valence electrons. The van der Waals surface area contributed by atoms with Gasteiger partial charge in [0.25, 0.3) is 0 Å². The van der Waals surface area contributed by atoms with Crippen LogP contribution in [0.4, 0.5) is 5.69 Å². The molecule has 2 atom stereocenters. The fourth-order valence-corrected chi connectivity index (χ4v) is 1.69. The normalized spacial score (nSPS) is 13.8. The largest absolute Gasteiger partial charge is 0.394 e. The summed E-state index contributed by atoms with van der Waals surface area (Å²) in [6.07, 6.45) is 2.53. The van der Waals surface area contributed by atoms with E-state index in [0.29, 0.717) is 6.42 Å². The Hall–Kier alpha value is -2.00. The summed E-state index contributed by atoms with van der Waals surface area (Å²) >= 11 is 0. The van der Waals surface area contributed by atoms with E-state index in [2.05, 4.69) is 10.4 Å². The van der Waals surface area contributed by atoms with Crippen molar-refractivity contribution in [3.05, 3.63) is 22.5 Å². The van der Waals surface area contributed by atoms with Crippen molar-refractivity contribution >= 4 is 11.6 Å². The summed E-state index contributed by atoms with van der Waals surface area (Å²) in [6.45, 7) is 1.28. The van der Waals surface area contributed by atoms with Crippen molar-refractivity contribution < 1.29 is 19.9 Å². The molecule has 0 fully saturated rings. The Morgan fingerprint density at radius 3 is 2.85 bits per heavy atom. The first-order valence-corrected chi connectivity index (χ1v) is 6.23. The lowest BCUT2D eigenvalue weighted by atomic mass is 10.1. The van der Waals surface area contributed by atoms with Crippen LogP contribution in [-0.4, -0.2) is 49.6 Å². The van der Waals surface area contributed by atoms with Crippen molar-refractivity contribution in [2.24, 2.45) is 0 Å². The van der Waals surface area contributed by atoms with Gasteiger partial charge in [0.1, 0.15) is 18.9 Å². The highest BCUT2D eigenvalue weighted by Gasteiger charge is 2.20. The third-order valence-electron chi connectivity index (χ3n) is 2.73. The van der Waals surface area contributed by atoms with Crippen LogP contribution in [0.1, 0.15) is 19.8 Å². The number of hydrogen-bond acceptors (Lipinski definition) is 6. The Balaban J connectivity index is 2.54. The third kappa shape index (κ3) is 4.59. The lowest BCUT2D eigenvalue weighted by molar-refractivity contribution is -0.385. The molecule has 0 radical (unpaired) electrons. The molecule has 2 unspecified atom stereocenters. The molecule has 0 saturated carbocycles. The molecule has 20 heavy (non-hydrogen) atoms. The zero-order valence-electron chi connectivity index (χ0n) is 11.1. The maximum atomic E-state index is 11.7. The highest BCUT2D eigenvalue weighted by molar-refractivity contribution is 5.76. The molecule has 1 aromatic rings. The number of aromatic nitrogens is 2. The van der Waals surface area contributed by atoms with Crippen LogP contribution >= 0.6 is 0 Å². The van der Waals surface area contributed by atoms with Gasteiger partial charge in [-0.3, -0.25) is 19.6 Å². The molecule has 0 aliphatic heterocycles. The number of hydrogen-bond donors (Lipinski definition) is 3. The van der Waals surface area contributed by atoms with Crippen molar-refractivity contribution in [1.29, 1.82) is 0 Å². The quantitative estimate of drug-likeness (QED) is 0.433. The number of aliphatic hydroxyl groups excluding tert-OH is 2. The van der Waals surface area contributed by atoms with Crippen LogP contribution in [0, 0.1) is 10.1 Å². The summed E-state index contributed by atoms with van der Waals surface area (Å²) in [5, 5.41) is 35.5. The molecule has 0 aliphatic carbocycles. The molecule has 0 bridgehead atoms. The van der Waals surface area contributed by atoms with Crippen LogP contribution < -0.4 is 5.32 Å². The maximum Gasteiger partial charge on any atom is 0.307 e. The zero-order valence-corrected chi connectivity index (χ0v) is 11.1. The van der Waals surface area contributed by atoms with E-state index in [9.17, 15) is 20.0 Å². The lowest BCUT2D eigenvalue weighted by Crippen LogP contribution is -2.46. The second-order valence-corrected chi connectivity index (χ2v) is 4.37. The molecule has 9 heteroatoms. The summed E-state index contributed by atoms with van der Waals surface area (Å²) in [6, 6.07) is -0.756. The second kappa shape index (κ2) is 7.56. The van der Waals surface area contributed by atoms with Gasteiger partial charge in [-0.15, -0.1) is 0 Å². The van der Waals surface area contributed by atoms with E-state index in [4.69, 9.17) is 5.11 Å². The summed E-state index contributed by atoms with van der Waals surface area (Å²) in [4.78, 5) is 21.6. The predicted octanol–water partition coefficient (Wildman–Crippen LogP) is -0.571. The number of nitro groups is 1. The number of amides is 1. The highest BCUT2D eigenvalue weighted by Crippen LogP contribution is 2.07. The van der Waals surface area contributed by atoms with E-state index >= 15 is 0 Å². The molecule has 0 aromatic carbocycles. The van der Waals surface area contributed by atoms with Crippen LogP contribution in [-0.2, 0) is 11.3 Å². The van der Waals surface area contributed by atoms with Gasteiger partial charge in [-0.1, -0.05) is 13.3 Å². The number of carbonyl (C=O) groups is 1. The van der Waals surface area contributed by atoms with Gasteiger partial charge in [0.2, 0.25) is 5.91 Å². The molecule has 3 N–H and O–H groups in total. The van der Waals surface area contributed by atoms with Gasteiger partial charge in [0, 0.05) is 0 Å². The molecule has 1 rings (SSSR count). The van der Waals surface area contributed by atoms with Crippen LogP contribution in [0.25, 0.3) is 0 Å². The smallest absolute Gasteiger partial charge is 0.307 e. The highest BCUT2D eigenvalue weighted by atomic mass is 16.6. The van der Waals surface area contributed by atoms with E-state index in [-0.39, 0.29) is 18.8 Å². The average Bonchev–Trinajstić information content (AvgIpc) is 2.84. The number of rotatable bonds is 8. The Bertz CT molecular complexity index is 461.